The summed E-state index contributed by atoms with van der Waals surface area (Å²) in [7, 11) is 0. The molecule has 0 aliphatic rings. The van der Waals surface area contributed by atoms with Crippen molar-refractivity contribution in [3.8, 4) is 0 Å². The summed E-state index contributed by atoms with van der Waals surface area (Å²) in [6.07, 6.45) is 0. The Hall–Kier alpha value is -0.860. The van der Waals surface area contributed by atoms with Crippen LogP contribution in [0.1, 0.15) is 22.3 Å². The van der Waals surface area contributed by atoms with Gasteiger partial charge in [-0.3, -0.25) is 0 Å². The molecular weight excluding hydrogens is 232 g/mol. The van der Waals surface area contributed by atoms with Gasteiger partial charge in [0.2, 0.25) is 0 Å². The van der Waals surface area contributed by atoms with E-state index in [1.165, 1.54) is 42.4 Å². The Labute approximate surface area is 104 Å². The molecule has 16 heavy (non-hydrogen) atoms. The lowest BCUT2D eigenvalue weighted by atomic mass is 10.00. The summed E-state index contributed by atoms with van der Waals surface area (Å²) in [6.45, 7) is 8.97. The Kier molecular flexibility index (Phi) is 2.13. The van der Waals surface area contributed by atoms with Crippen molar-refractivity contribution < 1.29 is 0 Å². The fourth-order valence-corrected chi connectivity index (χ4v) is 4.85. The summed E-state index contributed by atoms with van der Waals surface area (Å²) in [4.78, 5) is 0. The second-order valence-electron chi connectivity index (χ2n) is 4.50. The van der Waals surface area contributed by atoms with Crippen LogP contribution in [-0.2, 0) is 0 Å². The third kappa shape index (κ3) is 1.14. The summed E-state index contributed by atoms with van der Waals surface area (Å²) in [5.41, 5.74) is 5.78. The van der Waals surface area contributed by atoms with Gasteiger partial charge < -0.3 is 0 Å². The number of benzene rings is 1. The topological polar surface area (TPSA) is 0 Å². The van der Waals surface area contributed by atoms with Crippen LogP contribution >= 0.6 is 22.7 Å². The van der Waals surface area contributed by atoms with Gasteiger partial charge in [0, 0.05) is 9.40 Å². The third-order valence-corrected chi connectivity index (χ3v) is 5.82. The highest BCUT2D eigenvalue weighted by atomic mass is 32.1. The van der Waals surface area contributed by atoms with Gasteiger partial charge in [0.1, 0.15) is 0 Å². The summed E-state index contributed by atoms with van der Waals surface area (Å²) in [5.74, 6) is 0. The lowest BCUT2D eigenvalue weighted by Crippen LogP contribution is -1.83. The molecule has 0 saturated heterocycles. The maximum atomic E-state index is 2.28. The first-order valence-corrected chi connectivity index (χ1v) is 7.22. The van der Waals surface area contributed by atoms with Crippen molar-refractivity contribution in [2.45, 2.75) is 27.7 Å². The lowest BCUT2D eigenvalue weighted by molar-refractivity contribution is 1.50. The summed E-state index contributed by atoms with van der Waals surface area (Å²) < 4.78 is 2.95. The van der Waals surface area contributed by atoms with E-state index in [4.69, 9.17) is 0 Å². The second kappa shape index (κ2) is 3.31. The largest absolute Gasteiger partial charge is 0.143 e. The van der Waals surface area contributed by atoms with Crippen molar-refractivity contribution in [2.24, 2.45) is 0 Å². The Morgan fingerprint density at radius 3 is 1.44 bits per heavy atom. The monoisotopic (exact) mass is 246 g/mol. The van der Waals surface area contributed by atoms with E-state index in [2.05, 4.69) is 38.5 Å². The van der Waals surface area contributed by atoms with E-state index < -0.39 is 0 Å². The molecule has 0 aliphatic carbocycles. The van der Waals surface area contributed by atoms with Crippen molar-refractivity contribution in [2.75, 3.05) is 0 Å². The van der Waals surface area contributed by atoms with Gasteiger partial charge in [0.25, 0.3) is 0 Å². The molecule has 0 nitrogen and oxygen atoms in total. The second-order valence-corrected chi connectivity index (χ2v) is 6.25. The first-order valence-electron chi connectivity index (χ1n) is 5.46. The molecule has 0 aliphatic heterocycles. The van der Waals surface area contributed by atoms with Gasteiger partial charge in [-0.05, 0) is 71.5 Å². The molecule has 0 spiro atoms. The Morgan fingerprint density at radius 1 is 0.688 bits per heavy atom. The first-order chi connectivity index (χ1) is 7.61. The van der Waals surface area contributed by atoms with Crippen LogP contribution in [0.15, 0.2) is 10.8 Å². The molecule has 0 radical (unpaired) electrons. The van der Waals surface area contributed by atoms with Gasteiger partial charge in [0.05, 0.1) is 0 Å². The minimum atomic E-state index is 1.42. The quantitative estimate of drug-likeness (QED) is 0.501. The van der Waals surface area contributed by atoms with Crippen molar-refractivity contribution in [3.63, 3.8) is 0 Å². The number of thiophene rings is 2. The van der Waals surface area contributed by atoms with E-state index in [0.717, 1.165) is 0 Å². The normalized spacial score (nSPS) is 11.8. The van der Waals surface area contributed by atoms with Crippen molar-refractivity contribution >= 4 is 42.8 Å². The van der Waals surface area contributed by atoms with Crippen molar-refractivity contribution in [1.82, 2.24) is 0 Å². The average molecular weight is 246 g/mol. The summed E-state index contributed by atoms with van der Waals surface area (Å²) >= 11 is 3.77. The SMILES string of the molecule is Cc1csc2c(C)c3c(C)csc3c(C)c12. The number of fused-ring (bicyclic) bond motifs is 2. The zero-order valence-electron chi connectivity index (χ0n) is 9.97. The standard InChI is InChI=1S/C14H14S2/c1-7-5-15-13-10(4)12-8(2)6-16-14(12)9(3)11(7)13/h5-6H,1-4H3. The predicted molar refractivity (Wildman–Crippen MR) is 76.2 cm³/mol. The third-order valence-electron chi connectivity index (χ3n) is 3.38. The van der Waals surface area contributed by atoms with E-state index in [1.54, 1.807) is 0 Å². The fourth-order valence-electron chi connectivity index (χ4n) is 2.60. The molecule has 2 heterocycles. The Balaban J connectivity index is 2.70. The zero-order chi connectivity index (χ0) is 11.4. The van der Waals surface area contributed by atoms with Crippen molar-refractivity contribution in [3.05, 3.63) is 33.0 Å². The number of hydrogen-bond donors (Lipinski definition) is 0. The molecule has 2 aromatic heterocycles. The molecule has 3 rings (SSSR count). The maximum Gasteiger partial charge on any atom is 0.0384 e. The maximum absolute atomic E-state index is 2.28. The highest BCUT2D eigenvalue weighted by Crippen LogP contribution is 2.41. The van der Waals surface area contributed by atoms with Crippen LogP contribution in [0.2, 0.25) is 0 Å². The first kappa shape index (κ1) is 10.3. The highest BCUT2D eigenvalue weighted by molar-refractivity contribution is 7.19. The van der Waals surface area contributed by atoms with Crippen LogP contribution in [0, 0.1) is 27.7 Å². The number of hydrogen-bond acceptors (Lipinski definition) is 2. The molecular formula is C14H14S2. The summed E-state index contributed by atoms with van der Waals surface area (Å²) in [6, 6.07) is 0. The van der Waals surface area contributed by atoms with Gasteiger partial charge in [-0.2, -0.15) is 0 Å². The molecule has 3 aromatic rings. The fraction of sp³-hybridized carbons (Fsp3) is 0.286. The molecule has 2 heteroatoms. The van der Waals surface area contributed by atoms with Gasteiger partial charge in [-0.1, -0.05) is 0 Å². The molecule has 0 bridgehead atoms. The molecule has 0 fully saturated rings. The lowest BCUT2D eigenvalue weighted by Gasteiger charge is -2.06. The molecule has 0 saturated carbocycles. The molecule has 0 amide bonds. The predicted octanol–water partition coefficient (Wildman–Crippen LogP) is 5.35. The highest BCUT2D eigenvalue weighted by Gasteiger charge is 2.14. The van der Waals surface area contributed by atoms with Crippen LogP contribution in [-0.4, -0.2) is 0 Å². The van der Waals surface area contributed by atoms with Gasteiger partial charge in [-0.15, -0.1) is 22.7 Å². The van der Waals surface area contributed by atoms with E-state index >= 15 is 0 Å². The van der Waals surface area contributed by atoms with Crippen LogP contribution < -0.4 is 0 Å². The van der Waals surface area contributed by atoms with Crippen LogP contribution in [0.4, 0.5) is 0 Å². The minimum absolute atomic E-state index is 1.42. The summed E-state index contributed by atoms with van der Waals surface area (Å²) in [5, 5.41) is 7.53. The smallest absolute Gasteiger partial charge is 0.0384 e. The molecule has 1 aromatic carbocycles. The van der Waals surface area contributed by atoms with Gasteiger partial charge >= 0.3 is 0 Å². The van der Waals surface area contributed by atoms with Gasteiger partial charge in [0.15, 0.2) is 0 Å². The van der Waals surface area contributed by atoms with E-state index in [9.17, 15) is 0 Å². The Morgan fingerprint density at radius 2 is 1.06 bits per heavy atom. The molecule has 0 atom stereocenters. The van der Waals surface area contributed by atoms with Crippen LogP contribution in [0.5, 0.6) is 0 Å². The number of rotatable bonds is 0. The van der Waals surface area contributed by atoms with E-state index in [-0.39, 0.29) is 0 Å². The number of aryl methyl sites for hydroxylation is 4. The van der Waals surface area contributed by atoms with Crippen LogP contribution in [0.3, 0.4) is 0 Å². The van der Waals surface area contributed by atoms with Gasteiger partial charge in [-0.25, -0.2) is 0 Å². The molecule has 0 N–H and O–H groups in total. The average Bonchev–Trinajstić information content (AvgIpc) is 2.80. The minimum Gasteiger partial charge on any atom is -0.143 e. The molecule has 82 valence electrons. The molecule has 0 unspecified atom stereocenters. The van der Waals surface area contributed by atoms with Crippen molar-refractivity contribution in [1.29, 1.82) is 0 Å². The zero-order valence-corrected chi connectivity index (χ0v) is 11.6. The Bertz CT molecular complexity index is 636. The van der Waals surface area contributed by atoms with E-state index in [0.29, 0.717) is 0 Å². The van der Waals surface area contributed by atoms with E-state index in [1.807, 2.05) is 22.7 Å². The van der Waals surface area contributed by atoms with Crippen LogP contribution in [0.25, 0.3) is 20.2 Å².